The van der Waals surface area contributed by atoms with Gasteiger partial charge in [0.15, 0.2) is 0 Å². The fraction of sp³-hybridized carbons (Fsp3) is 0.556. The molecule has 14 heavy (non-hydrogen) atoms. The van der Waals surface area contributed by atoms with Crippen LogP contribution in [-0.2, 0) is 4.74 Å². The van der Waals surface area contributed by atoms with Crippen molar-refractivity contribution in [3.05, 3.63) is 22.5 Å². The summed E-state index contributed by atoms with van der Waals surface area (Å²) in [5.41, 5.74) is -0.459. The van der Waals surface area contributed by atoms with Gasteiger partial charge in [-0.15, -0.1) is 0 Å². The van der Waals surface area contributed by atoms with Crippen molar-refractivity contribution in [3.63, 3.8) is 0 Å². The number of nitrogens with one attached hydrogen (secondary N) is 2. The summed E-state index contributed by atoms with van der Waals surface area (Å²) in [6.45, 7) is 4.56. The van der Waals surface area contributed by atoms with Gasteiger partial charge in [-0.3, -0.25) is 4.79 Å². The normalized spacial score (nSPS) is 11.4. The molecule has 1 heterocycles. The highest BCUT2D eigenvalue weighted by Gasteiger charge is 2.15. The molecule has 0 aliphatic rings. The van der Waals surface area contributed by atoms with E-state index in [1.807, 2.05) is 13.8 Å². The second-order valence-corrected chi connectivity index (χ2v) is 3.62. The molecule has 0 radical (unpaired) electrons. The van der Waals surface area contributed by atoms with Crippen LogP contribution in [0.4, 0.5) is 5.82 Å². The zero-order chi connectivity index (χ0) is 10.6. The molecule has 1 aromatic heterocycles. The molecular weight excluding hydrogens is 182 g/mol. The van der Waals surface area contributed by atoms with Crippen molar-refractivity contribution in [2.24, 2.45) is 0 Å². The lowest BCUT2D eigenvalue weighted by atomic mass is 10.1. The number of ether oxygens (including phenoxy) is 1. The summed E-state index contributed by atoms with van der Waals surface area (Å²) in [6, 6.07) is 3.06. The van der Waals surface area contributed by atoms with Crippen molar-refractivity contribution >= 4 is 5.82 Å². The predicted molar refractivity (Wildman–Crippen MR) is 54.4 cm³/mol. The van der Waals surface area contributed by atoms with Gasteiger partial charge in [-0.2, -0.15) is 5.10 Å². The number of aromatic nitrogens is 2. The Kier molecular flexibility index (Phi) is 3.24. The molecule has 78 valence electrons. The molecule has 0 saturated heterocycles. The zero-order valence-electron chi connectivity index (χ0n) is 8.63. The van der Waals surface area contributed by atoms with E-state index in [-0.39, 0.29) is 11.2 Å². The van der Waals surface area contributed by atoms with Crippen LogP contribution in [0.25, 0.3) is 0 Å². The molecule has 0 aliphatic carbocycles. The molecule has 0 aliphatic heterocycles. The summed E-state index contributed by atoms with van der Waals surface area (Å²) in [6.07, 6.45) is 0. The van der Waals surface area contributed by atoms with E-state index in [1.54, 1.807) is 13.2 Å². The molecular formula is C9H15N3O2. The van der Waals surface area contributed by atoms with Crippen molar-refractivity contribution in [3.8, 4) is 0 Å². The van der Waals surface area contributed by atoms with Crippen LogP contribution in [0, 0.1) is 0 Å². The van der Waals surface area contributed by atoms with Crippen LogP contribution in [-0.4, -0.2) is 29.5 Å². The second-order valence-electron chi connectivity index (χ2n) is 3.62. The minimum absolute atomic E-state index is 0.207. The average Bonchev–Trinajstić information content (AvgIpc) is 2.17. The fourth-order valence-electron chi connectivity index (χ4n) is 0.819. The Hall–Kier alpha value is -1.36. The lowest BCUT2D eigenvalue weighted by Gasteiger charge is -2.23. The van der Waals surface area contributed by atoms with Gasteiger partial charge in [0.05, 0.1) is 5.60 Å². The molecule has 5 nitrogen and oxygen atoms in total. The van der Waals surface area contributed by atoms with Crippen LogP contribution in [0.15, 0.2) is 16.9 Å². The Morgan fingerprint density at radius 1 is 1.57 bits per heavy atom. The third-order valence-electron chi connectivity index (χ3n) is 1.93. The van der Waals surface area contributed by atoms with Crippen molar-refractivity contribution in [1.82, 2.24) is 10.2 Å². The minimum atomic E-state index is -0.252. The van der Waals surface area contributed by atoms with Crippen LogP contribution in [0.2, 0.25) is 0 Å². The molecule has 0 aromatic carbocycles. The topological polar surface area (TPSA) is 67.0 Å². The first-order valence-electron chi connectivity index (χ1n) is 4.38. The van der Waals surface area contributed by atoms with Crippen molar-refractivity contribution in [2.75, 3.05) is 19.0 Å². The molecule has 0 saturated carbocycles. The monoisotopic (exact) mass is 197 g/mol. The number of hydrogen-bond acceptors (Lipinski definition) is 4. The lowest BCUT2D eigenvalue weighted by molar-refractivity contribution is 0.0343. The van der Waals surface area contributed by atoms with Crippen LogP contribution in [0.1, 0.15) is 13.8 Å². The van der Waals surface area contributed by atoms with Gasteiger partial charge in [0.2, 0.25) is 0 Å². The summed E-state index contributed by atoms with van der Waals surface area (Å²) in [4.78, 5) is 10.7. The van der Waals surface area contributed by atoms with E-state index in [4.69, 9.17) is 4.74 Å². The number of nitrogens with zero attached hydrogens (tertiary/aromatic N) is 1. The molecule has 0 bridgehead atoms. The van der Waals surface area contributed by atoms with E-state index in [9.17, 15) is 4.79 Å². The third-order valence-corrected chi connectivity index (χ3v) is 1.93. The molecule has 0 amide bonds. The summed E-state index contributed by atoms with van der Waals surface area (Å²) in [7, 11) is 1.65. The van der Waals surface area contributed by atoms with E-state index in [0.29, 0.717) is 12.4 Å². The second kappa shape index (κ2) is 4.23. The minimum Gasteiger partial charge on any atom is -0.377 e. The van der Waals surface area contributed by atoms with Crippen LogP contribution >= 0.6 is 0 Å². The maximum Gasteiger partial charge on any atom is 0.264 e. The third kappa shape index (κ3) is 3.18. The number of H-pyrrole nitrogens is 1. The summed E-state index contributed by atoms with van der Waals surface area (Å²) in [5, 5.41) is 9.21. The molecule has 0 spiro atoms. The molecule has 1 rings (SSSR count). The highest BCUT2D eigenvalue weighted by atomic mass is 16.5. The highest BCUT2D eigenvalue weighted by molar-refractivity contribution is 5.31. The molecule has 1 aromatic rings. The van der Waals surface area contributed by atoms with Crippen molar-refractivity contribution in [1.29, 1.82) is 0 Å². The van der Waals surface area contributed by atoms with E-state index >= 15 is 0 Å². The molecule has 0 unspecified atom stereocenters. The molecule has 5 heteroatoms. The quantitative estimate of drug-likeness (QED) is 0.742. The first-order valence-corrected chi connectivity index (χ1v) is 4.38. The Balaban J connectivity index is 2.54. The van der Waals surface area contributed by atoms with Gasteiger partial charge in [-0.25, -0.2) is 5.10 Å². The van der Waals surface area contributed by atoms with Gasteiger partial charge in [0, 0.05) is 19.7 Å². The number of aromatic amines is 1. The van der Waals surface area contributed by atoms with Crippen LogP contribution in [0.3, 0.4) is 0 Å². The summed E-state index contributed by atoms with van der Waals surface area (Å²) < 4.78 is 5.22. The van der Waals surface area contributed by atoms with Gasteiger partial charge < -0.3 is 10.1 Å². The number of rotatable bonds is 4. The lowest BCUT2D eigenvalue weighted by Crippen LogP contribution is -2.32. The van der Waals surface area contributed by atoms with Crippen LogP contribution in [0.5, 0.6) is 0 Å². The smallest absolute Gasteiger partial charge is 0.264 e. The van der Waals surface area contributed by atoms with Gasteiger partial charge in [-0.05, 0) is 19.9 Å². The number of hydrogen-bond donors (Lipinski definition) is 2. The van der Waals surface area contributed by atoms with E-state index < -0.39 is 0 Å². The van der Waals surface area contributed by atoms with E-state index in [0.717, 1.165) is 0 Å². The Bertz CT molecular complexity index is 326. The van der Waals surface area contributed by atoms with Crippen molar-refractivity contribution in [2.45, 2.75) is 19.4 Å². The van der Waals surface area contributed by atoms with Gasteiger partial charge >= 0.3 is 0 Å². The first kappa shape index (κ1) is 10.7. The molecule has 2 N–H and O–H groups in total. The zero-order valence-corrected chi connectivity index (χ0v) is 8.63. The summed E-state index contributed by atoms with van der Waals surface area (Å²) >= 11 is 0. The Morgan fingerprint density at radius 3 is 2.79 bits per heavy atom. The van der Waals surface area contributed by atoms with Gasteiger partial charge in [0.1, 0.15) is 5.82 Å². The summed E-state index contributed by atoms with van der Waals surface area (Å²) in [5.74, 6) is 0.634. The van der Waals surface area contributed by atoms with Gasteiger partial charge in [0.25, 0.3) is 5.56 Å². The highest BCUT2D eigenvalue weighted by Crippen LogP contribution is 2.08. The van der Waals surface area contributed by atoms with Crippen molar-refractivity contribution < 1.29 is 4.74 Å². The SMILES string of the molecule is COC(C)(C)CNc1ccc(=O)[nH]n1. The largest absolute Gasteiger partial charge is 0.377 e. The van der Waals surface area contributed by atoms with Gasteiger partial charge in [-0.1, -0.05) is 0 Å². The predicted octanol–water partition coefficient (Wildman–Crippen LogP) is 0.607. The molecule has 0 atom stereocenters. The fourth-order valence-corrected chi connectivity index (χ4v) is 0.819. The van der Waals surface area contributed by atoms with E-state index in [1.165, 1.54) is 6.07 Å². The molecule has 0 fully saturated rings. The Morgan fingerprint density at radius 2 is 2.29 bits per heavy atom. The Labute approximate surface area is 82.5 Å². The first-order chi connectivity index (χ1) is 6.53. The number of anilines is 1. The maximum absolute atomic E-state index is 10.7. The van der Waals surface area contributed by atoms with E-state index in [2.05, 4.69) is 15.5 Å². The average molecular weight is 197 g/mol. The number of methoxy groups -OCH3 is 1. The maximum atomic E-state index is 10.7. The van der Waals surface area contributed by atoms with Crippen LogP contribution < -0.4 is 10.9 Å². The standard InChI is InChI=1S/C9H15N3O2/c1-9(2,14-3)6-10-7-4-5-8(13)12-11-7/h4-5H,6H2,1-3H3,(H,10,11)(H,12,13).